The molecule has 30 heavy (non-hydrogen) atoms. The lowest BCUT2D eigenvalue weighted by molar-refractivity contribution is -0.122. The normalized spacial score (nSPS) is 12.1. The van der Waals surface area contributed by atoms with Crippen LogP contribution in [-0.2, 0) is 11.3 Å². The van der Waals surface area contributed by atoms with Crippen molar-refractivity contribution in [1.82, 2.24) is 19.9 Å². The van der Waals surface area contributed by atoms with E-state index < -0.39 is 0 Å². The lowest BCUT2D eigenvalue weighted by Crippen LogP contribution is -2.29. The first-order valence-corrected chi connectivity index (χ1v) is 10.7. The number of aromatic nitrogens is 3. The van der Waals surface area contributed by atoms with Crippen LogP contribution in [0.4, 0.5) is 0 Å². The molecule has 0 aliphatic carbocycles. The Labute approximate surface area is 178 Å². The maximum atomic E-state index is 12.7. The van der Waals surface area contributed by atoms with E-state index in [0.29, 0.717) is 17.1 Å². The lowest BCUT2D eigenvalue weighted by Gasteiger charge is -2.15. The van der Waals surface area contributed by atoms with Crippen LogP contribution < -0.4 is 10.9 Å². The van der Waals surface area contributed by atoms with Gasteiger partial charge in [0.25, 0.3) is 5.56 Å². The van der Waals surface area contributed by atoms with E-state index in [1.807, 2.05) is 68.4 Å². The van der Waals surface area contributed by atoms with Crippen molar-refractivity contribution in [3.8, 4) is 10.6 Å². The lowest BCUT2D eigenvalue weighted by atomic mass is 9.96. The van der Waals surface area contributed by atoms with Gasteiger partial charge in [-0.05, 0) is 18.9 Å². The zero-order chi connectivity index (χ0) is 21.1. The molecule has 1 atom stereocenters. The predicted molar refractivity (Wildman–Crippen MR) is 119 cm³/mol. The molecule has 2 heterocycles. The summed E-state index contributed by atoms with van der Waals surface area (Å²) in [4.78, 5) is 30.2. The number of hydrogen-bond acceptors (Lipinski definition) is 5. The summed E-state index contributed by atoms with van der Waals surface area (Å²) in [7, 11) is 0. The quantitative estimate of drug-likeness (QED) is 0.515. The molecule has 0 saturated heterocycles. The van der Waals surface area contributed by atoms with Gasteiger partial charge in [0, 0.05) is 11.6 Å². The number of carbonyl (C=O) groups excluding carboxylic acids is 1. The number of nitrogens with one attached hydrogen (secondary N) is 1. The minimum Gasteiger partial charge on any atom is -0.350 e. The summed E-state index contributed by atoms with van der Waals surface area (Å²) in [6.45, 7) is 4.21. The number of fused-ring (bicyclic) bond motifs is 1. The minimum atomic E-state index is -0.256. The fourth-order valence-corrected chi connectivity index (χ4v) is 4.25. The highest BCUT2D eigenvalue weighted by Crippen LogP contribution is 2.24. The summed E-state index contributed by atoms with van der Waals surface area (Å²) in [6, 6.07) is 19.1. The molecule has 0 bridgehead atoms. The van der Waals surface area contributed by atoms with Gasteiger partial charge in [-0.2, -0.15) is 9.61 Å². The summed E-state index contributed by atoms with van der Waals surface area (Å²) < 4.78 is 1.31. The Bertz CT molecular complexity index is 1230. The molecule has 0 aliphatic rings. The molecule has 1 amide bonds. The first kappa shape index (κ1) is 20.0. The number of aryl methyl sites for hydroxylation is 1. The van der Waals surface area contributed by atoms with Gasteiger partial charge in [0.05, 0.1) is 18.2 Å². The molecule has 4 rings (SSSR count). The molecule has 1 N–H and O–H groups in total. The van der Waals surface area contributed by atoms with E-state index in [0.717, 1.165) is 21.7 Å². The van der Waals surface area contributed by atoms with E-state index in [2.05, 4.69) is 15.4 Å². The van der Waals surface area contributed by atoms with E-state index in [4.69, 9.17) is 0 Å². The van der Waals surface area contributed by atoms with Crippen LogP contribution in [0.2, 0.25) is 0 Å². The Morgan fingerprint density at radius 2 is 1.87 bits per heavy atom. The van der Waals surface area contributed by atoms with Gasteiger partial charge >= 0.3 is 0 Å². The highest BCUT2D eigenvalue weighted by molar-refractivity contribution is 7.19. The van der Waals surface area contributed by atoms with E-state index in [9.17, 15) is 9.59 Å². The van der Waals surface area contributed by atoms with Gasteiger partial charge in [-0.1, -0.05) is 78.4 Å². The first-order chi connectivity index (χ1) is 14.5. The standard InChI is InChI=1S/C23H22N4O2S/c1-3-19(16-7-5-4-6-8-16)21(29)24-14-18-13-20(28)27-23(25-18)30-22(26-27)17-11-9-15(2)10-12-17/h4-13,19H,3,14H2,1-2H3,(H,24,29)/t19-/m0/s1. The van der Waals surface area contributed by atoms with E-state index >= 15 is 0 Å². The molecule has 4 aromatic rings. The van der Waals surface area contributed by atoms with E-state index in [-0.39, 0.29) is 23.9 Å². The van der Waals surface area contributed by atoms with Crippen LogP contribution in [0.3, 0.4) is 0 Å². The second-order valence-electron chi connectivity index (χ2n) is 7.14. The van der Waals surface area contributed by atoms with Crippen LogP contribution in [0, 0.1) is 6.92 Å². The first-order valence-electron chi connectivity index (χ1n) is 9.84. The SMILES string of the molecule is CC[C@H](C(=O)NCc1cc(=O)n2nc(-c3ccc(C)cc3)sc2n1)c1ccccc1. The number of hydrogen-bond donors (Lipinski definition) is 1. The van der Waals surface area contributed by atoms with Crippen LogP contribution in [0.1, 0.15) is 36.1 Å². The van der Waals surface area contributed by atoms with Crippen molar-refractivity contribution in [2.24, 2.45) is 0 Å². The van der Waals surface area contributed by atoms with Gasteiger partial charge in [-0.15, -0.1) is 0 Å². The summed E-state index contributed by atoms with van der Waals surface area (Å²) in [5.41, 5.74) is 3.35. The number of amides is 1. The summed E-state index contributed by atoms with van der Waals surface area (Å²) >= 11 is 1.35. The van der Waals surface area contributed by atoms with Crippen LogP contribution in [-0.4, -0.2) is 20.5 Å². The molecule has 6 nitrogen and oxygen atoms in total. The van der Waals surface area contributed by atoms with Crippen LogP contribution >= 0.6 is 11.3 Å². The van der Waals surface area contributed by atoms with Crippen molar-refractivity contribution in [3.05, 3.63) is 87.8 Å². The van der Waals surface area contributed by atoms with Crippen molar-refractivity contribution < 1.29 is 4.79 Å². The molecule has 0 aliphatic heterocycles. The number of nitrogens with zero attached hydrogens (tertiary/aromatic N) is 3. The molecule has 0 spiro atoms. The highest BCUT2D eigenvalue weighted by Gasteiger charge is 2.18. The number of benzene rings is 2. The topological polar surface area (TPSA) is 76.4 Å². The van der Waals surface area contributed by atoms with Gasteiger partial charge in [0.1, 0.15) is 5.01 Å². The Balaban J connectivity index is 1.54. The number of carbonyl (C=O) groups is 1. The van der Waals surface area contributed by atoms with Crippen molar-refractivity contribution in [3.63, 3.8) is 0 Å². The average Bonchev–Trinajstić information content (AvgIpc) is 3.19. The third-order valence-electron chi connectivity index (χ3n) is 4.97. The molecule has 2 aromatic heterocycles. The van der Waals surface area contributed by atoms with Crippen LogP contribution in [0.5, 0.6) is 0 Å². The van der Waals surface area contributed by atoms with E-state index in [1.54, 1.807) is 0 Å². The minimum absolute atomic E-state index is 0.0738. The van der Waals surface area contributed by atoms with Crippen molar-refractivity contribution in [1.29, 1.82) is 0 Å². The fourth-order valence-electron chi connectivity index (χ4n) is 3.32. The molecule has 0 fully saturated rings. The second-order valence-corrected chi connectivity index (χ2v) is 8.10. The third kappa shape index (κ3) is 4.16. The van der Waals surface area contributed by atoms with Gasteiger partial charge in [-0.25, -0.2) is 4.98 Å². The zero-order valence-corrected chi connectivity index (χ0v) is 17.6. The van der Waals surface area contributed by atoms with Gasteiger partial charge < -0.3 is 5.32 Å². The third-order valence-corrected chi connectivity index (χ3v) is 5.92. The monoisotopic (exact) mass is 418 g/mol. The highest BCUT2D eigenvalue weighted by atomic mass is 32.1. The van der Waals surface area contributed by atoms with Gasteiger partial charge in [-0.3, -0.25) is 9.59 Å². The smallest absolute Gasteiger partial charge is 0.275 e. The Hall–Kier alpha value is -3.32. The van der Waals surface area contributed by atoms with Gasteiger partial charge in [0.2, 0.25) is 10.9 Å². The van der Waals surface area contributed by atoms with E-state index in [1.165, 1.54) is 21.9 Å². The van der Waals surface area contributed by atoms with Crippen molar-refractivity contribution in [2.75, 3.05) is 0 Å². The van der Waals surface area contributed by atoms with Crippen molar-refractivity contribution >= 4 is 22.2 Å². The Morgan fingerprint density at radius 1 is 1.13 bits per heavy atom. The number of rotatable bonds is 6. The summed E-state index contributed by atoms with van der Waals surface area (Å²) in [6.07, 6.45) is 0.694. The molecule has 152 valence electrons. The van der Waals surface area contributed by atoms with Crippen molar-refractivity contribution in [2.45, 2.75) is 32.7 Å². The maximum absolute atomic E-state index is 12.7. The Morgan fingerprint density at radius 3 is 2.57 bits per heavy atom. The molecular formula is C23H22N4O2S. The zero-order valence-electron chi connectivity index (χ0n) is 16.8. The molecule has 0 unspecified atom stereocenters. The Kier molecular flexibility index (Phi) is 5.72. The largest absolute Gasteiger partial charge is 0.350 e. The molecule has 7 heteroatoms. The summed E-state index contributed by atoms with van der Waals surface area (Å²) in [5.74, 6) is -0.303. The van der Waals surface area contributed by atoms with Crippen LogP contribution in [0.25, 0.3) is 15.5 Å². The van der Waals surface area contributed by atoms with Crippen LogP contribution in [0.15, 0.2) is 65.5 Å². The van der Waals surface area contributed by atoms with Gasteiger partial charge in [0.15, 0.2) is 0 Å². The average molecular weight is 419 g/mol. The molecule has 0 saturated carbocycles. The second kappa shape index (κ2) is 8.59. The predicted octanol–water partition coefficient (Wildman–Crippen LogP) is 3.94. The molecule has 2 aromatic carbocycles. The fraction of sp³-hybridized carbons (Fsp3) is 0.217. The maximum Gasteiger partial charge on any atom is 0.275 e. The molecular weight excluding hydrogens is 396 g/mol. The molecule has 0 radical (unpaired) electrons. The summed E-state index contributed by atoms with van der Waals surface area (Å²) in [5, 5.41) is 8.05.